The number of sulfone groups is 1. The summed E-state index contributed by atoms with van der Waals surface area (Å²) in [6.07, 6.45) is 0. The average molecular weight is 286 g/mol. The van der Waals surface area contributed by atoms with E-state index in [1.807, 2.05) is 0 Å². The molecule has 1 rings (SSSR count). The lowest BCUT2D eigenvalue weighted by Gasteiger charge is -2.11. The number of hydrogen-bond donors (Lipinski definition) is 1. The molecule has 6 heteroatoms. The summed E-state index contributed by atoms with van der Waals surface area (Å²) >= 11 is 0. The van der Waals surface area contributed by atoms with Crippen LogP contribution in [0.15, 0.2) is 18.2 Å². The van der Waals surface area contributed by atoms with Gasteiger partial charge in [-0.05, 0) is 44.5 Å². The van der Waals surface area contributed by atoms with Gasteiger partial charge in [0.25, 0.3) is 0 Å². The summed E-state index contributed by atoms with van der Waals surface area (Å²) in [5.41, 5.74) is 0.849. The van der Waals surface area contributed by atoms with E-state index in [4.69, 9.17) is 9.84 Å². The monoisotopic (exact) mass is 286 g/mol. The van der Waals surface area contributed by atoms with Gasteiger partial charge in [-0.3, -0.25) is 0 Å². The van der Waals surface area contributed by atoms with Crippen LogP contribution in [0.5, 0.6) is 5.75 Å². The Morgan fingerprint density at radius 3 is 2.47 bits per heavy atom. The van der Waals surface area contributed by atoms with Crippen molar-refractivity contribution in [2.24, 2.45) is 0 Å². The number of carboxylic acids is 1. The van der Waals surface area contributed by atoms with Crippen molar-refractivity contribution in [2.75, 3.05) is 12.4 Å². The lowest BCUT2D eigenvalue weighted by atomic mass is 10.1. The van der Waals surface area contributed by atoms with Crippen LogP contribution in [0.25, 0.3) is 0 Å². The van der Waals surface area contributed by atoms with Gasteiger partial charge in [0.1, 0.15) is 12.4 Å². The normalized spacial score (nSPS) is 11.6. The summed E-state index contributed by atoms with van der Waals surface area (Å²) in [4.78, 5) is 10.8. The molecular formula is C13H18O5S. The number of benzene rings is 1. The third-order valence-corrected chi connectivity index (χ3v) is 4.94. The molecule has 1 aromatic rings. The molecule has 5 nitrogen and oxygen atoms in total. The molecule has 1 N–H and O–H groups in total. The van der Waals surface area contributed by atoms with Gasteiger partial charge in [0.05, 0.1) is 16.6 Å². The van der Waals surface area contributed by atoms with E-state index in [-0.39, 0.29) is 17.9 Å². The highest BCUT2D eigenvalue weighted by atomic mass is 32.2. The van der Waals surface area contributed by atoms with Gasteiger partial charge in [-0.2, -0.15) is 0 Å². The van der Waals surface area contributed by atoms with Gasteiger partial charge in [-0.25, -0.2) is 13.2 Å². The Bertz CT molecular complexity index is 560. The Morgan fingerprint density at radius 2 is 2.00 bits per heavy atom. The third-order valence-electron chi connectivity index (χ3n) is 2.77. The van der Waals surface area contributed by atoms with Gasteiger partial charge in [0, 0.05) is 0 Å². The Labute approximate surface area is 113 Å². The van der Waals surface area contributed by atoms with Crippen LogP contribution in [-0.4, -0.2) is 37.1 Å². The van der Waals surface area contributed by atoms with Crippen LogP contribution < -0.4 is 4.74 Å². The van der Waals surface area contributed by atoms with Crippen molar-refractivity contribution in [2.45, 2.75) is 26.0 Å². The molecule has 0 aliphatic rings. The van der Waals surface area contributed by atoms with Crippen LogP contribution in [0, 0.1) is 6.92 Å². The largest absolute Gasteiger partial charge is 0.492 e. The molecule has 0 radical (unpaired) electrons. The predicted molar refractivity (Wildman–Crippen MR) is 72.6 cm³/mol. The van der Waals surface area contributed by atoms with Gasteiger partial charge in [-0.1, -0.05) is 0 Å². The second-order valence-corrected chi connectivity index (χ2v) is 7.23. The average Bonchev–Trinajstić information content (AvgIpc) is 2.30. The smallest absolute Gasteiger partial charge is 0.335 e. The highest BCUT2D eigenvalue weighted by molar-refractivity contribution is 7.91. The maximum atomic E-state index is 11.6. The molecule has 0 unspecified atom stereocenters. The quantitative estimate of drug-likeness (QED) is 0.863. The van der Waals surface area contributed by atoms with Crippen molar-refractivity contribution in [3.8, 4) is 5.75 Å². The van der Waals surface area contributed by atoms with Crippen LogP contribution in [0.2, 0.25) is 0 Å². The van der Waals surface area contributed by atoms with Gasteiger partial charge in [0.15, 0.2) is 9.84 Å². The maximum Gasteiger partial charge on any atom is 0.335 e. The van der Waals surface area contributed by atoms with Gasteiger partial charge in [-0.15, -0.1) is 0 Å². The summed E-state index contributed by atoms with van der Waals surface area (Å²) in [7, 11) is -3.12. The van der Waals surface area contributed by atoms with E-state index in [0.717, 1.165) is 0 Å². The number of ether oxygens (including phenoxy) is 1. The third kappa shape index (κ3) is 4.24. The Balaban J connectivity index is 2.67. The lowest BCUT2D eigenvalue weighted by molar-refractivity contribution is 0.0696. The highest BCUT2D eigenvalue weighted by Gasteiger charge is 2.16. The molecule has 0 aromatic heterocycles. The molecule has 0 saturated carbocycles. The fourth-order valence-electron chi connectivity index (χ4n) is 1.45. The van der Waals surface area contributed by atoms with E-state index in [0.29, 0.717) is 11.3 Å². The number of carboxylic acid groups (broad SMARTS) is 1. The van der Waals surface area contributed by atoms with Crippen LogP contribution in [0.1, 0.15) is 29.8 Å². The van der Waals surface area contributed by atoms with Crippen molar-refractivity contribution in [3.05, 3.63) is 29.3 Å². The van der Waals surface area contributed by atoms with Gasteiger partial charge >= 0.3 is 5.97 Å². The first-order valence-corrected chi connectivity index (χ1v) is 7.64. The molecule has 0 amide bonds. The zero-order chi connectivity index (χ0) is 14.6. The Morgan fingerprint density at radius 1 is 1.37 bits per heavy atom. The van der Waals surface area contributed by atoms with Crippen LogP contribution >= 0.6 is 0 Å². The lowest BCUT2D eigenvalue weighted by Crippen LogP contribution is -2.22. The summed E-state index contributed by atoms with van der Waals surface area (Å²) in [6.45, 7) is 5.04. The molecule has 0 fully saturated rings. The summed E-state index contributed by atoms with van der Waals surface area (Å²) < 4.78 is 28.6. The minimum Gasteiger partial charge on any atom is -0.492 e. The first kappa shape index (κ1) is 15.5. The van der Waals surface area contributed by atoms with Gasteiger partial charge < -0.3 is 9.84 Å². The van der Waals surface area contributed by atoms with Crippen molar-refractivity contribution in [3.63, 3.8) is 0 Å². The summed E-state index contributed by atoms with van der Waals surface area (Å²) in [5, 5.41) is 8.40. The van der Waals surface area contributed by atoms with Crippen LogP contribution in [0.3, 0.4) is 0 Å². The fraction of sp³-hybridized carbons (Fsp3) is 0.462. The fourth-order valence-corrected chi connectivity index (χ4v) is 2.23. The zero-order valence-electron chi connectivity index (χ0n) is 11.2. The molecular weight excluding hydrogens is 268 g/mol. The molecule has 0 heterocycles. The first-order chi connectivity index (χ1) is 8.74. The number of carbonyl (C=O) groups is 1. The van der Waals surface area contributed by atoms with Crippen LogP contribution in [-0.2, 0) is 9.84 Å². The molecule has 106 valence electrons. The molecule has 0 saturated heterocycles. The summed E-state index contributed by atoms with van der Waals surface area (Å²) in [5.74, 6) is -0.550. The van der Waals surface area contributed by atoms with Crippen molar-refractivity contribution >= 4 is 15.8 Å². The number of aromatic carboxylic acids is 1. The SMILES string of the molecule is Cc1cc(C(=O)O)ccc1OCCS(=O)(=O)C(C)C. The molecule has 19 heavy (non-hydrogen) atoms. The number of rotatable bonds is 6. The second kappa shape index (κ2) is 6.06. The zero-order valence-corrected chi connectivity index (χ0v) is 12.0. The highest BCUT2D eigenvalue weighted by Crippen LogP contribution is 2.19. The standard InChI is InChI=1S/C13H18O5S/c1-9(2)19(16,17)7-6-18-12-5-4-11(13(14)15)8-10(12)3/h4-5,8-9H,6-7H2,1-3H3,(H,14,15). The molecule has 0 aliphatic carbocycles. The van der Waals surface area contributed by atoms with Crippen molar-refractivity contribution in [1.82, 2.24) is 0 Å². The number of hydrogen-bond acceptors (Lipinski definition) is 4. The molecule has 0 bridgehead atoms. The van der Waals surface area contributed by atoms with Crippen molar-refractivity contribution < 1.29 is 23.1 Å². The summed E-state index contributed by atoms with van der Waals surface area (Å²) in [6, 6.07) is 4.47. The van der Waals surface area contributed by atoms with E-state index in [9.17, 15) is 13.2 Å². The second-order valence-electron chi connectivity index (χ2n) is 4.55. The molecule has 1 aromatic carbocycles. The molecule has 0 spiro atoms. The van der Waals surface area contributed by atoms with E-state index in [1.54, 1.807) is 26.8 Å². The Hall–Kier alpha value is -1.56. The minimum atomic E-state index is -3.12. The van der Waals surface area contributed by atoms with E-state index < -0.39 is 21.1 Å². The first-order valence-electron chi connectivity index (χ1n) is 5.92. The maximum absolute atomic E-state index is 11.6. The van der Waals surface area contributed by atoms with E-state index in [1.165, 1.54) is 12.1 Å². The van der Waals surface area contributed by atoms with E-state index >= 15 is 0 Å². The number of aryl methyl sites for hydroxylation is 1. The van der Waals surface area contributed by atoms with Gasteiger partial charge in [0.2, 0.25) is 0 Å². The molecule has 0 aliphatic heterocycles. The topological polar surface area (TPSA) is 80.7 Å². The van der Waals surface area contributed by atoms with Crippen molar-refractivity contribution in [1.29, 1.82) is 0 Å². The van der Waals surface area contributed by atoms with Crippen LogP contribution in [0.4, 0.5) is 0 Å². The molecule has 0 atom stereocenters. The predicted octanol–water partition coefficient (Wildman–Crippen LogP) is 1.90. The minimum absolute atomic E-state index is 0.0508. The van der Waals surface area contributed by atoms with E-state index in [2.05, 4.69) is 0 Å². The Kier molecular flexibility index (Phi) is 4.94.